The first-order valence-electron chi connectivity index (χ1n) is 11.3. The Bertz CT molecular complexity index is 1260. The second kappa shape index (κ2) is 9.23. The standard InChI is InChI=1S/C27H24N2O6/c1-3-34-21-12-8-7-11-20(21)28-25(30)22-23(17-13-15-18(16-14-17)27(32)33-2)29(35-24(22)26(28)31)19-9-5-4-6-10-19/h4-16,22-24H,3H2,1-2H3/t22-,23-,24-/m0/s1. The van der Waals surface area contributed by atoms with Crippen LogP contribution in [0.5, 0.6) is 5.75 Å². The number of fused-ring (bicyclic) bond motifs is 1. The molecule has 0 bridgehead atoms. The molecule has 8 heteroatoms. The number of rotatable bonds is 6. The third-order valence-electron chi connectivity index (χ3n) is 6.21. The summed E-state index contributed by atoms with van der Waals surface area (Å²) < 4.78 is 10.5. The molecule has 2 aliphatic heterocycles. The van der Waals surface area contributed by atoms with Crippen molar-refractivity contribution < 1.29 is 28.7 Å². The monoisotopic (exact) mass is 472 g/mol. The number of nitrogens with zero attached hydrogens (tertiary/aromatic N) is 2. The molecule has 0 aromatic heterocycles. The molecule has 178 valence electrons. The Morgan fingerprint density at radius 2 is 1.60 bits per heavy atom. The molecule has 0 aliphatic carbocycles. The molecule has 0 N–H and O–H groups in total. The molecule has 2 saturated heterocycles. The van der Waals surface area contributed by atoms with E-state index in [1.807, 2.05) is 37.3 Å². The van der Waals surface area contributed by atoms with E-state index in [1.165, 1.54) is 12.0 Å². The van der Waals surface area contributed by atoms with E-state index in [0.29, 0.717) is 29.3 Å². The van der Waals surface area contributed by atoms with Crippen molar-refractivity contribution >= 4 is 29.2 Å². The number of carbonyl (C=O) groups excluding carboxylic acids is 3. The van der Waals surface area contributed by atoms with Crippen LogP contribution in [0.25, 0.3) is 0 Å². The topological polar surface area (TPSA) is 85.4 Å². The molecule has 3 atom stereocenters. The van der Waals surface area contributed by atoms with Gasteiger partial charge in [0.05, 0.1) is 36.7 Å². The lowest BCUT2D eigenvalue weighted by atomic mass is 9.90. The summed E-state index contributed by atoms with van der Waals surface area (Å²) in [4.78, 5) is 46.6. The van der Waals surface area contributed by atoms with Gasteiger partial charge in [0.25, 0.3) is 5.91 Å². The Morgan fingerprint density at radius 3 is 2.29 bits per heavy atom. The number of methoxy groups -OCH3 is 1. The van der Waals surface area contributed by atoms with Gasteiger partial charge < -0.3 is 9.47 Å². The van der Waals surface area contributed by atoms with Gasteiger partial charge in [-0.25, -0.2) is 14.8 Å². The lowest BCUT2D eigenvalue weighted by Crippen LogP contribution is -2.37. The first-order valence-corrected chi connectivity index (χ1v) is 11.3. The van der Waals surface area contributed by atoms with Crippen LogP contribution in [0.1, 0.15) is 28.9 Å². The van der Waals surface area contributed by atoms with E-state index in [-0.39, 0.29) is 5.91 Å². The fourth-order valence-corrected chi connectivity index (χ4v) is 4.64. The zero-order valence-electron chi connectivity index (χ0n) is 19.3. The van der Waals surface area contributed by atoms with Crippen molar-refractivity contribution in [2.75, 3.05) is 23.7 Å². The molecule has 3 aromatic carbocycles. The minimum absolute atomic E-state index is 0.368. The summed E-state index contributed by atoms with van der Waals surface area (Å²) in [5.41, 5.74) is 2.23. The molecule has 0 radical (unpaired) electrons. The Balaban J connectivity index is 1.56. The summed E-state index contributed by atoms with van der Waals surface area (Å²) >= 11 is 0. The fourth-order valence-electron chi connectivity index (χ4n) is 4.64. The molecular weight excluding hydrogens is 448 g/mol. The van der Waals surface area contributed by atoms with Crippen molar-refractivity contribution in [2.24, 2.45) is 5.92 Å². The largest absolute Gasteiger partial charge is 0.492 e. The molecule has 2 aliphatic rings. The molecule has 35 heavy (non-hydrogen) atoms. The van der Waals surface area contributed by atoms with Crippen molar-refractivity contribution in [3.8, 4) is 5.75 Å². The Kier molecular flexibility index (Phi) is 5.96. The molecule has 5 rings (SSSR count). The molecule has 0 saturated carbocycles. The maximum atomic E-state index is 13.8. The Hall–Kier alpha value is -4.17. The number of benzene rings is 3. The molecular formula is C27H24N2O6. The summed E-state index contributed by atoms with van der Waals surface area (Å²) in [6.07, 6.45) is -0.998. The highest BCUT2D eigenvalue weighted by Gasteiger charge is 2.60. The first-order chi connectivity index (χ1) is 17.0. The van der Waals surface area contributed by atoms with Crippen LogP contribution >= 0.6 is 0 Å². The van der Waals surface area contributed by atoms with Crippen molar-refractivity contribution in [2.45, 2.75) is 19.1 Å². The molecule has 2 heterocycles. The van der Waals surface area contributed by atoms with Gasteiger partial charge in [0, 0.05) is 0 Å². The predicted molar refractivity (Wildman–Crippen MR) is 128 cm³/mol. The normalized spacial score (nSPS) is 21.3. The van der Waals surface area contributed by atoms with Gasteiger partial charge in [-0.3, -0.25) is 14.4 Å². The number of imide groups is 1. The van der Waals surface area contributed by atoms with Crippen molar-refractivity contribution in [3.63, 3.8) is 0 Å². The van der Waals surface area contributed by atoms with Gasteiger partial charge in [-0.2, -0.15) is 0 Å². The highest BCUT2D eigenvalue weighted by molar-refractivity contribution is 6.24. The van der Waals surface area contributed by atoms with Gasteiger partial charge in [-0.05, 0) is 48.9 Å². The van der Waals surface area contributed by atoms with Crippen molar-refractivity contribution in [1.82, 2.24) is 0 Å². The second-order valence-corrected chi connectivity index (χ2v) is 8.18. The number of anilines is 2. The van der Waals surface area contributed by atoms with E-state index in [9.17, 15) is 14.4 Å². The average molecular weight is 472 g/mol. The minimum atomic E-state index is -0.998. The van der Waals surface area contributed by atoms with Crippen molar-refractivity contribution in [1.29, 1.82) is 0 Å². The summed E-state index contributed by atoms with van der Waals surface area (Å²) in [6.45, 7) is 2.24. The molecule has 2 fully saturated rings. The van der Waals surface area contributed by atoms with Crippen LogP contribution in [-0.4, -0.2) is 37.6 Å². The van der Waals surface area contributed by atoms with Crippen LogP contribution < -0.4 is 14.7 Å². The summed E-state index contributed by atoms with van der Waals surface area (Å²) in [5.74, 6) is -1.60. The summed E-state index contributed by atoms with van der Waals surface area (Å²) in [5, 5.41) is 1.62. The third kappa shape index (κ3) is 3.81. The van der Waals surface area contributed by atoms with Crippen LogP contribution in [0, 0.1) is 5.92 Å². The lowest BCUT2D eigenvalue weighted by molar-refractivity contribution is -0.126. The van der Waals surface area contributed by atoms with E-state index in [2.05, 4.69) is 0 Å². The number of hydroxylamine groups is 1. The Morgan fingerprint density at radius 1 is 0.914 bits per heavy atom. The highest BCUT2D eigenvalue weighted by atomic mass is 16.7. The van der Waals surface area contributed by atoms with Gasteiger partial charge in [0.2, 0.25) is 5.91 Å². The van der Waals surface area contributed by atoms with E-state index in [0.717, 1.165) is 5.56 Å². The van der Waals surface area contributed by atoms with Gasteiger partial charge in [0.15, 0.2) is 6.10 Å². The second-order valence-electron chi connectivity index (χ2n) is 8.18. The van der Waals surface area contributed by atoms with Crippen LogP contribution in [0.2, 0.25) is 0 Å². The fraction of sp³-hybridized carbons (Fsp3) is 0.222. The smallest absolute Gasteiger partial charge is 0.337 e. The third-order valence-corrected chi connectivity index (χ3v) is 6.21. The maximum Gasteiger partial charge on any atom is 0.337 e. The predicted octanol–water partition coefficient (Wildman–Crippen LogP) is 3.92. The quantitative estimate of drug-likeness (QED) is 0.397. The van der Waals surface area contributed by atoms with Gasteiger partial charge >= 0.3 is 5.97 Å². The maximum absolute atomic E-state index is 13.8. The highest BCUT2D eigenvalue weighted by Crippen LogP contribution is 2.48. The number of hydrogen-bond acceptors (Lipinski definition) is 7. The Labute approximate surface area is 202 Å². The zero-order valence-corrected chi connectivity index (χ0v) is 19.3. The van der Waals surface area contributed by atoms with Gasteiger partial charge in [0.1, 0.15) is 11.7 Å². The molecule has 3 aromatic rings. The number of amides is 2. The summed E-state index contributed by atoms with van der Waals surface area (Å²) in [7, 11) is 1.32. The molecule has 0 spiro atoms. The van der Waals surface area contributed by atoms with E-state index in [4.69, 9.17) is 14.3 Å². The molecule has 8 nitrogen and oxygen atoms in total. The lowest BCUT2D eigenvalue weighted by Gasteiger charge is -2.29. The number of ether oxygens (including phenoxy) is 2. The number of carbonyl (C=O) groups is 3. The van der Waals surface area contributed by atoms with Crippen LogP contribution in [-0.2, 0) is 19.2 Å². The zero-order chi connectivity index (χ0) is 24.5. The van der Waals surface area contributed by atoms with Crippen LogP contribution in [0.15, 0.2) is 78.9 Å². The number of para-hydroxylation sites is 3. The first kappa shape index (κ1) is 22.6. The van der Waals surface area contributed by atoms with E-state index in [1.54, 1.807) is 53.6 Å². The van der Waals surface area contributed by atoms with E-state index >= 15 is 0 Å². The van der Waals surface area contributed by atoms with Crippen molar-refractivity contribution in [3.05, 3.63) is 90.0 Å². The van der Waals surface area contributed by atoms with Crippen LogP contribution in [0.4, 0.5) is 11.4 Å². The molecule has 2 amide bonds. The van der Waals surface area contributed by atoms with Crippen LogP contribution in [0.3, 0.4) is 0 Å². The number of esters is 1. The van der Waals surface area contributed by atoms with E-state index < -0.39 is 29.9 Å². The number of hydrogen-bond donors (Lipinski definition) is 0. The SMILES string of the molecule is CCOc1ccccc1N1C(=O)[C@@H]2[C@H](ON(c3ccccc3)[C@H]2c2ccc(C(=O)OC)cc2)C1=O. The average Bonchev–Trinajstić information content (AvgIpc) is 3.40. The van der Waals surface area contributed by atoms with Gasteiger partial charge in [-0.1, -0.05) is 42.5 Å². The molecule has 0 unspecified atom stereocenters. The van der Waals surface area contributed by atoms with Gasteiger partial charge in [-0.15, -0.1) is 0 Å². The minimum Gasteiger partial charge on any atom is -0.492 e. The summed E-state index contributed by atoms with van der Waals surface area (Å²) in [6, 6.07) is 22.5.